The Morgan fingerprint density at radius 2 is 2.14 bits per heavy atom. The van der Waals surface area contributed by atoms with Crippen LogP contribution < -0.4 is 10.6 Å². The van der Waals surface area contributed by atoms with Crippen molar-refractivity contribution in [3.8, 4) is 0 Å². The Labute approximate surface area is 124 Å². The van der Waals surface area contributed by atoms with Crippen LogP contribution in [0.3, 0.4) is 0 Å². The molecule has 0 radical (unpaired) electrons. The molecule has 0 saturated carbocycles. The number of nitrogens with one attached hydrogen (secondary N) is 2. The second-order valence-electron chi connectivity index (χ2n) is 4.49. The van der Waals surface area contributed by atoms with E-state index in [2.05, 4.69) is 25.7 Å². The van der Waals surface area contributed by atoms with E-state index in [1.54, 1.807) is 6.20 Å². The van der Waals surface area contributed by atoms with Crippen LogP contribution in [0.15, 0.2) is 24.5 Å². The summed E-state index contributed by atoms with van der Waals surface area (Å²) in [6.45, 7) is 4.74. The fourth-order valence-electron chi connectivity index (χ4n) is 1.86. The van der Waals surface area contributed by atoms with Crippen molar-refractivity contribution < 1.29 is 4.74 Å². The fraction of sp³-hybridized carbons (Fsp3) is 0.500. The summed E-state index contributed by atoms with van der Waals surface area (Å²) >= 11 is 0. The number of ether oxygens (including phenoxy) is 1. The Kier molecular flexibility index (Phi) is 5.96. The van der Waals surface area contributed by atoms with Crippen LogP contribution in [0.4, 0.5) is 11.6 Å². The molecule has 0 saturated heterocycles. The summed E-state index contributed by atoms with van der Waals surface area (Å²) in [5.41, 5.74) is 0. The third-order valence-corrected chi connectivity index (χ3v) is 2.89. The van der Waals surface area contributed by atoms with Crippen molar-refractivity contribution >= 4 is 11.6 Å². The zero-order valence-corrected chi connectivity index (χ0v) is 12.5. The highest BCUT2D eigenvalue weighted by molar-refractivity contribution is 5.47. The molecule has 21 heavy (non-hydrogen) atoms. The van der Waals surface area contributed by atoms with E-state index >= 15 is 0 Å². The molecule has 0 unspecified atom stereocenters. The first-order chi connectivity index (χ1) is 10.3. The van der Waals surface area contributed by atoms with E-state index in [1.165, 1.54) is 0 Å². The predicted octanol–water partition coefficient (Wildman–Crippen LogP) is 1.75. The van der Waals surface area contributed by atoms with Crippen LogP contribution in [-0.2, 0) is 17.9 Å². The Balaban J connectivity index is 1.85. The first-order valence-electron chi connectivity index (χ1n) is 7.16. The van der Waals surface area contributed by atoms with Gasteiger partial charge in [-0.25, -0.2) is 9.97 Å². The average molecular weight is 290 g/mol. The molecule has 7 nitrogen and oxygen atoms in total. The van der Waals surface area contributed by atoms with Crippen molar-refractivity contribution in [1.29, 1.82) is 0 Å². The maximum atomic E-state index is 5.36. The molecule has 7 heteroatoms. The summed E-state index contributed by atoms with van der Waals surface area (Å²) < 4.78 is 7.27. The van der Waals surface area contributed by atoms with Crippen LogP contribution in [0.25, 0.3) is 0 Å². The van der Waals surface area contributed by atoms with Gasteiger partial charge in [-0.3, -0.25) is 4.68 Å². The smallest absolute Gasteiger partial charge is 0.158 e. The Hall–Kier alpha value is -2.15. The van der Waals surface area contributed by atoms with Crippen LogP contribution in [-0.4, -0.2) is 39.9 Å². The summed E-state index contributed by atoms with van der Waals surface area (Å²) in [5.74, 6) is 2.28. The van der Waals surface area contributed by atoms with Gasteiger partial charge in [0.05, 0.1) is 0 Å². The van der Waals surface area contributed by atoms with Crippen molar-refractivity contribution in [2.75, 3.05) is 30.8 Å². The molecule has 0 aliphatic heterocycles. The second kappa shape index (κ2) is 8.21. The summed E-state index contributed by atoms with van der Waals surface area (Å²) in [4.78, 5) is 8.80. The molecule has 2 N–H and O–H groups in total. The van der Waals surface area contributed by atoms with E-state index in [0.29, 0.717) is 19.0 Å². The van der Waals surface area contributed by atoms with E-state index in [4.69, 9.17) is 4.74 Å². The molecule has 2 rings (SSSR count). The van der Waals surface area contributed by atoms with Gasteiger partial charge in [0.15, 0.2) is 5.82 Å². The van der Waals surface area contributed by atoms with Gasteiger partial charge in [-0.2, -0.15) is 5.10 Å². The first kappa shape index (κ1) is 15.2. The van der Waals surface area contributed by atoms with Crippen molar-refractivity contribution in [1.82, 2.24) is 19.7 Å². The molecule has 2 heterocycles. The number of rotatable bonds is 9. The Bertz CT molecular complexity index is 528. The maximum absolute atomic E-state index is 5.36. The standard InChI is InChI=1S/C14H22N6O/c1-3-21-11-14-18-12(15-2)10-13(19-14)16-6-4-8-20-9-5-7-17-20/h5,7,9-10H,3-4,6,8,11H2,1-2H3,(H2,15,16,18,19). The van der Waals surface area contributed by atoms with Crippen LogP contribution in [0.5, 0.6) is 0 Å². The molecule has 0 spiro atoms. The number of hydrogen-bond donors (Lipinski definition) is 2. The second-order valence-corrected chi connectivity index (χ2v) is 4.49. The van der Waals surface area contributed by atoms with Crippen LogP contribution >= 0.6 is 0 Å². The predicted molar refractivity (Wildman–Crippen MR) is 82.2 cm³/mol. The minimum Gasteiger partial charge on any atom is -0.374 e. The monoisotopic (exact) mass is 290 g/mol. The SMILES string of the molecule is CCOCc1nc(NC)cc(NCCCn2cccn2)n1. The fourth-order valence-corrected chi connectivity index (χ4v) is 1.86. The summed E-state index contributed by atoms with van der Waals surface area (Å²) in [6, 6.07) is 3.82. The van der Waals surface area contributed by atoms with Gasteiger partial charge in [0, 0.05) is 45.2 Å². The molecule has 0 amide bonds. The molecule has 2 aromatic heterocycles. The lowest BCUT2D eigenvalue weighted by Gasteiger charge is -2.10. The van der Waals surface area contributed by atoms with Crippen molar-refractivity contribution in [3.63, 3.8) is 0 Å². The van der Waals surface area contributed by atoms with E-state index < -0.39 is 0 Å². The number of nitrogens with zero attached hydrogens (tertiary/aromatic N) is 4. The average Bonchev–Trinajstić information content (AvgIpc) is 3.02. The Morgan fingerprint density at radius 1 is 1.29 bits per heavy atom. The highest BCUT2D eigenvalue weighted by Crippen LogP contribution is 2.11. The van der Waals surface area contributed by atoms with Gasteiger partial charge >= 0.3 is 0 Å². The van der Waals surface area contributed by atoms with Gasteiger partial charge < -0.3 is 15.4 Å². The van der Waals surface area contributed by atoms with E-state index in [9.17, 15) is 0 Å². The van der Waals surface area contributed by atoms with Crippen LogP contribution in [0.1, 0.15) is 19.2 Å². The number of hydrogen-bond acceptors (Lipinski definition) is 6. The van der Waals surface area contributed by atoms with Gasteiger partial charge in [-0.05, 0) is 19.4 Å². The number of anilines is 2. The van der Waals surface area contributed by atoms with E-state index in [1.807, 2.05) is 37.0 Å². The molecule has 2 aromatic rings. The van der Waals surface area contributed by atoms with E-state index in [0.717, 1.165) is 31.1 Å². The molecule has 0 atom stereocenters. The third kappa shape index (κ3) is 5.03. The van der Waals surface area contributed by atoms with Crippen molar-refractivity contribution in [3.05, 3.63) is 30.4 Å². The molecule has 0 aliphatic rings. The van der Waals surface area contributed by atoms with Gasteiger partial charge in [0.2, 0.25) is 0 Å². The van der Waals surface area contributed by atoms with Crippen molar-refractivity contribution in [2.24, 2.45) is 0 Å². The molecular weight excluding hydrogens is 268 g/mol. The third-order valence-electron chi connectivity index (χ3n) is 2.89. The molecule has 0 fully saturated rings. The minimum atomic E-state index is 0.425. The summed E-state index contributed by atoms with van der Waals surface area (Å²) in [6.07, 6.45) is 4.72. The lowest BCUT2D eigenvalue weighted by atomic mass is 10.4. The van der Waals surface area contributed by atoms with Crippen LogP contribution in [0.2, 0.25) is 0 Å². The van der Waals surface area contributed by atoms with Gasteiger partial charge in [-0.1, -0.05) is 0 Å². The maximum Gasteiger partial charge on any atom is 0.158 e. The Morgan fingerprint density at radius 3 is 2.86 bits per heavy atom. The van der Waals surface area contributed by atoms with E-state index in [-0.39, 0.29) is 0 Å². The zero-order valence-electron chi connectivity index (χ0n) is 12.5. The molecule has 114 valence electrons. The van der Waals surface area contributed by atoms with Gasteiger partial charge in [0.1, 0.15) is 18.2 Å². The van der Waals surface area contributed by atoms with Crippen LogP contribution in [0, 0.1) is 0 Å². The number of aryl methyl sites for hydroxylation is 1. The summed E-state index contributed by atoms with van der Waals surface area (Å²) in [7, 11) is 1.84. The van der Waals surface area contributed by atoms with Crippen molar-refractivity contribution in [2.45, 2.75) is 26.5 Å². The largest absolute Gasteiger partial charge is 0.374 e. The first-order valence-corrected chi connectivity index (χ1v) is 7.16. The normalized spacial score (nSPS) is 10.6. The molecule has 0 bridgehead atoms. The van der Waals surface area contributed by atoms with Gasteiger partial charge in [-0.15, -0.1) is 0 Å². The molecular formula is C14H22N6O. The highest BCUT2D eigenvalue weighted by atomic mass is 16.5. The lowest BCUT2D eigenvalue weighted by Crippen LogP contribution is -2.10. The van der Waals surface area contributed by atoms with Gasteiger partial charge in [0.25, 0.3) is 0 Å². The highest BCUT2D eigenvalue weighted by Gasteiger charge is 2.03. The lowest BCUT2D eigenvalue weighted by molar-refractivity contribution is 0.128. The quantitative estimate of drug-likeness (QED) is 0.685. The zero-order chi connectivity index (χ0) is 14.9. The molecule has 0 aliphatic carbocycles. The number of aromatic nitrogens is 4. The summed E-state index contributed by atoms with van der Waals surface area (Å²) in [5, 5.41) is 10.5. The molecule has 0 aromatic carbocycles. The minimum absolute atomic E-state index is 0.425. The topological polar surface area (TPSA) is 76.9 Å².